The van der Waals surface area contributed by atoms with Crippen molar-refractivity contribution < 1.29 is 4.74 Å². The van der Waals surface area contributed by atoms with E-state index in [1.54, 1.807) is 11.3 Å². The maximum atomic E-state index is 6.49. The quantitative estimate of drug-likeness (QED) is 0.753. The van der Waals surface area contributed by atoms with Crippen LogP contribution in [-0.2, 0) is 6.42 Å². The Morgan fingerprint density at radius 3 is 2.90 bits per heavy atom. The molecule has 0 radical (unpaired) electrons. The predicted molar refractivity (Wildman–Crippen MR) is 88.5 cm³/mol. The fourth-order valence-electron chi connectivity index (χ4n) is 2.84. The lowest BCUT2D eigenvalue weighted by Gasteiger charge is -2.14. The molecule has 1 aliphatic heterocycles. The van der Waals surface area contributed by atoms with Gasteiger partial charge in [0, 0.05) is 26.6 Å². The molecule has 1 aromatic heterocycles. The molecule has 106 valence electrons. The summed E-state index contributed by atoms with van der Waals surface area (Å²) in [6.45, 7) is 0.710. The van der Waals surface area contributed by atoms with Crippen molar-refractivity contribution in [3.63, 3.8) is 0 Å². The van der Waals surface area contributed by atoms with Crippen LogP contribution in [0.4, 0.5) is 0 Å². The molecule has 0 bridgehead atoms. The fraction of sp³-hybridized carbons (Fsp3) is 0.176. The highest BCUT2D eigenvalue weighted by atomic mass is 35.5. The Hall–Kier alpha value is -1.55. The predicted octanol–water partition coefficient (Wildman–Crippen LogP) is 4.54. The number of nitrogens with two attached hydrogens (primary N) is 1. The third-order valence-electron chi connectivity index (χ3n) is 3.86. The van der Waals surface area contributed by atoms with Crippen LogP contribution in [0.15, 0.2) is 42.5 Å². The molecule has 2 N–H and O–H groups in total. The van der Waals surface area contributed by atoms with Gasteiger partial charge in [-0.2, -0.15) is 0 Å². The molecular formula is C17H14ClNOS. The Morgan fingerprint density at radius 1 is 1.19 bits per heavy atom. The molecule has 1 aliphatic rings. The second-order valence-electron chi connectivity index (χ2n) is 5.25. The van der Waals surface area contributed by atoms with Crippen molar-refractivity contribution in [2.24, 2.45) is 5.73 Å². The molecule has 1 unspecified atom stereocenters. The van der Waals surface area contributed by atoms with Gasteiger partial charge in [0.25, 0.3) is 0 Å². The van der Waals surface area contributed by atoms with Gasteiger partial charge in [-0.05, 0) is 35.2 Å². The summed E-state index contributed by atoms with van der Waals surface area (Å²) in [5, 5.41) is 1.96. The van der Waals surface area contributed by atoms with E-state index in [1.807, 2.05) is 24.3 Å². The molecule has 3 aromatic rings. The fourth-order valence-corrected chi connectivity index (χ4v) is 4.17. The van der Waals surface area contributed by atoms with E-state index in [0.29, 0.717) is 6.61 Å². The van der Waals surface area contributed by atoms with Crippen LogP contribution in [0, 0.1) is 0 Å². The van der Waals surface area contributed by atoms with Crippen LogP contribution in [-0.4, -0.2) is 6.61 Å². The van der Waals surface area contributed by atoms with Gasteiger partial charge in [-0.3, -0.25) is 0 Å². The van der Waals surface area contributed by atoms with Crippen molar-refractivity contribution in [2.45, 2.75) is 12.5 Å². The van der Waals surface area contributed by atoms with Crippen LogP contribution in [0.3, 0.4) is 0 Å². The lowest BCUT2D eigenvalue weighted by Crippen LogP contribution is -2.11. The topological polar surface area (TPSA) is 35.2 Å². The van der Waals surface area contributed by atoms with Crippen LogP contribution in [0.1, 0.15) is 22.0 Å². The largest absolute Gasteiger partial charge is 0.493 e. The van der Waals surface area contributed by atoms with Gasteiger partial charge < -0.3 is 10.5 Å². The zero-order chi connectivity index (χ0) is 14.4. The highest BCUT2D eigenvalue weighted by Crippen LogP contribution is 2.40. The first kappa shape index (κ1) is 13.1. The van der Waals surface area contributed by atoms with E-state index in [1.165, 1.54) is 10.1 Å². The third kappa shape index (κ3) is 2.22. The summed E-state index contributed by atoms with van der Waals surface area (Å²) >= 11 is 7.96. The number of thiophene rings is 1. The number of rotatable bonds is 2. The normalized spacial score (nSPS) is 15.0. The minimum Gasteiger partial charge on any atom is -0.493 e. The zero-order valence-electron chi connectivity index (χ0n) is 11.3. The van der Waals surface area contributed by atoms with Crippen molar-refractivity contribution in [3.8, 4) is 5.75 Å². The lowest BCUT2D eigenvalue weighted by molar-refractivity contribution is 0.352. The number of halogens is 1. The van der Waals surface area contributed by atoms with Gasteiger partial charge in [-0.15, -0.1) is 11.3 Å². The van der Waals surface area contributed by atoms with E-state index in [0.717, 1.165) is 33.2 Å². The molecule has 0 saturated heterocycles. The summed E-state index contributed by atoms with van der Waals surface area (Å²) in [7, 11) is 0. The zero-order valence-corrected chi connectivity index (χ0v) is 12.9. The summed E-state index contributed by atoms with van der Waals surface area (Å²) < 4.78 is 7.02. The van der Waals surface area contributed by atoms with Crippen molar-refractivity contribution in [3.05, 3.63) is 63.5 Å². The number of hydrogen-bond acceptors (Lipinski definition) is 3. The smallest absolute Gasteiger partial charge is 0.127 e. The third-order valence-corrected chi connectivity index (χ3v) is 5.28. The van der Waals surface area contributed by atoms with Crippen LogP contribution in [0.5, 0.6) is 5.75 Å². The van der Waals surface area contributed by atoms with Gasteiger partial charge in [-0.25, -0.2) is 0 Å². The molecule has 4 heteroatoms. The van der Waals surface area contributed by atoms with Crippen molar-refractivity contribution in [1.82, 2.24) is 0 Å². The minimum atomic E-state index is -0.201. The molecule has 2 aromatic carbocycles. The minimum absolute atomic E-state index is 0.201. The van der Waals surface area contributed by atoms with E-state index >= 15 is 0 Å². The molecule has 4 rings (SSSR count). The Balaban J connectivity index is 1.83. The lowest BCUT2D eigenvalue weighted by atomic mass is 10.0. The van der Waals surface area contributed by atoms with Gasteiger partial charge in [-0.1, -0.05) is 29.8 Å². The molecule has 21 heavy (non-hydrogen) atoms. The van der Waals surface area contributed by atoms with Crippen molar-refractivity contribution in [2.75, 3.05) is 6.61 Å². The Morgan fingerprint density at radius 2 is 2.05 bits per heavy atom. The van der Waals surface area contributed by atoms with Gasteiger partial charge >= 0.3 is 0 Å². The molecule has 0 spiro atoms. The van der Waals surface area contributed by atoms with Gasteiger partial charge in [0.05, 0.1) is 12.6 Å². The number of hydrogen-bond donors (Lipinski definition) is 1. The van der Waals surface area contributed by atoms with Crippen LogP contribution < -0.4 is 10.5 Å². The van der Waals surface area contributed by atoms with E-state index in [4.69, 9.17) is 22.1 Å². The van der Waals surface area contributed by atoms with Gasteiger partial charge in [0.2, 0.25) is 0 Å². The first-order valence-electron chi connectivity index (χ1n) is 6.91. The summed E-state index contributed by atoms with van der Waals surface area (Å²) in [4.78, 5) is 1.14. The Bertz CT molecular complexity index is 794. The SMILES string of the molecule is NC(c1cc2ccccc2s1)c1cc(Cl)cc2c1OCC2. The highest BCUT2D eigenvalue weighted by Gasteiger charge is 2.23. The van der Waals surface area contributed by atoms with E-state index in [9.17, 15) is 0 Å². The van der Waals surface area contributed by atoms with Crippen molar-refractivity contribution >= 4 is 33.0 Å². The van der Waals surface area contributed by atoms with Crippen LogP contribution in [0.25, 0.3) is 10.1 Å². The summed E-state index contributed by atoms with van der Waals surface area (Å²) in [6.07, 6.45) is 0.905. The van der Waals surface area contributed by atoms with E-state index in [2.05, 4.69) is 18.2 Å². The van der Waals surface area contributed by atoms with Gasteiger partial charge in [0.1, 0.15) is 5.75 Å². The standard InChI is InChI=1S/C17H14ClNOS/c18-12-7-11-5-6-20-17(11)13(9-12)16(19)15-8-10-3-1-2-4-14(10)21-15/h1-4,7-9,16H,5-6,19H2. The molecule has 2 nitrogen and oxygen atoms in total. The highest BCUT2D eigenvalue weighted by molar-refractivity contribution is 7.19. The number of fused-ring (bicyclic) bond motifs is 2. The Kier molecular flexibility index (Phi) is 3.14. The average molecular weight is 316 g/mol. The summed E-state index contributed by atoms with van der Waals surface area (Å²) in [5.74, 6) is 0.921. The molecule has 0 fully saturated rings. The number of ether oxygens (including phenoxy) is 1. The first-order valence-corrected chi connectivity index (χ1v) is 8.11. The maximum Gasteiger partial charge on any atom is 0.127 e. The Labute approximate surface area is 132 Å². The second-order valence-corrected chi connectivity index (χ2v) is 6.80. The average Bonchev–Trinajstić information content (AvgIpc) is 3.11. The summed E-state index contributed by atoms with van der Waals surface area (Å²) in [6, 6.07) is 14.2. The van der Waals surface area contributed by atoms with E-state index < -0.39 is 0 Å². The van der Waals surface area contributed by atoms with Crippen LogP contribution in [0.2, 0.25) is 5.02 Å². The monoisotopic (exact) mass is 315 g/mol. The van der Waals surface area contributed by atoms with Gasteiger partial charge in [0.15, 0.2) is 0 Å². The molecule has 0 amide bonds. The maximum absolute atomic E-state index is 6.49. The molecule has 2 heterocycles. The number of benzene rings is 2. The molecular weight excluding hydrogens is 302 g/mol. The molecule has 1 atom stereocenters. The molecule has 0 aliphatic carbocycles. The first-order chi connectivity index (χ1) is 10.2. The second kappa shape index (κ2) is 5.02. The van der Waals surface area contributed by atoms with Crippen molar-refractivity contribution in [1.29, 1.82) is 0 Å². The van der Waals surface area contributed by atoms with E-state index in [-0.39, 0.29) is 6.04 Å². The molecule has 0 saturated carbocycles. The van der Waals surface area contributed by atoms with Crippen LogP contribution >= 0.6 is 22.9 Å². The summed E-state index contributed by atoms with van der Waals surface area (Å²) in [5.41, 5.74) is 8.64.